The van der Waals surface area contributed by atoms with E-state index in [9.17, 15) is 97.0 Å². The minimum atomic E-state index is -2.19. The third-order valence-electron chi connectivity index (χ3n) is 16.0. The van der Waals surface area contributed by atoms with Gasteiger partial charge in [0.25, 0.3) is 0 Å². The van der Waals surface area contributed by atoms with Gasteiger partial charge in [0.2, 0.25) is 0 Å². The number of aliphatic hydroxyl groups is 19. The predicted octanol–water partition coefficient (Wildman–Crippen LogP) is -11.0. The molecule has 33 nitrogen and oxygen atoms in total. The smallest absolute Gasteiger partial charge is 0.187 e. The van der Waals surface area contributed by atoms with E-state index in [-0.39, 0.29) is 12.8 Å². The van der Waals surface area contributed by atoms with Gasteiger partial charge in [-0.25, -0.2) is 0 Å². The van der Waals surface area contributed by atoms with Gasteiger partial charge in [0, 0.05) is 0 Å². The average molecular weight is 1190 g/mol. The Hall–Kier alpha value is -1.32. The van der Waals surface area contributed by atoms with E-state index in [1.807, 2.05) is 20.8 Å². The first kappa shape index (κ1) is 65.7. The molecule has 21 saturated heterocycles. The SMILES string of the molecule is CCC1OC2OC3C(CO)OC(OC4C(CO)OC(OC5C(CO)OC(OC6C(CO)OC(OC7C(CO)OC(OC8C(CCC(C)(C)C)OC(OC1C(O)C2O)C(O)C8O)C(O)C7O)C(O)C6O)C(O)C5O)C(O)C4O)C(O)C3O. The average Bonchev–Trinajstić information content (AvgIpc) is 3.64. The molecule has 14 bridgehead atoms. The molecule has 0 aromatic heterocycles. The van der Waals surface area contributed by atoms with E-state index in [0.717, 1.165) is 0 Å². The fraction of sp³-hybridized carbons (Fsp3) is 1.00. The Balaban J connectivity index is 1.10. The molecule has 472 valence electrons. The van der Waals surface area contributed by atoms with Crippen molar-refractivity contribution < 1.29 is 163 Å². The van der Waals surface area contributed by atoms with Crippen LogP contribution in [0.1, 0.15) is 47.0 Å². The number of hydrogen-bond donors (Lipinski definition) is 19. The number of hydrogen-bond acceptors (Lipinski definition) is 33. The summed E-state index contributed by atoms with van der Waals surface area (Å²) in [6, 6.07) is 0. The summed E-state index contributed by atoms with van der Waals surface area (Å²) in [7, 11) is 0. The molecule has 21 aliphatic heterocycles. The normalized spacial score (nSPS) is 53.4. The maximum Gasteiger partial charge on any atom is 0.187 e. The minimum Gasteiger partial charge on any atom is -0.394 e. The van der Waals surface area contributed by atoms with Gasteiger partial charge in [-0.05, 0) is 24.7 Å². The Bertz CT molecular complexity index is 1930. The van der Waals surface area contributed by atoms with Gasteiger partial charge in [-0.2, -0.15) is 0 Å². The molecule has 0 aromatic rings. The molecule has 33 heteroatoms. The highest BCUT2D eigenvalue weighted by Crippen LogP contribution is 2.40. The first-order valence-corrected chi connectivity index (χ1v) is 27.0. The zero-order chi connectivity index (χ0) is 59.3. The van der Waals surface area contributed by atoms with Crippen LogP contribution in [0.25, 0.3) is 0 Å². The van der Waals surface area contributed by atoms with Crippen molar-refractivity contribution in [3.05, 3.63) is 0 Å². The highest BCUT2D eigenvalue weighted by Gasteiger charge is 2.59. The molecule has 0 spiro atoms. The molecule has 21 aliphatic rings. The van der Waals surface area contributed by atoms with Crippen molar-refractivity contribution in [3.8, 4) is 0 Å². The molecule has 0 radical (unpaired) electrons. The van der Waals surface area contributed by atoms with Crippen LogP contribution < -0.4 is 0 Å². The summed E-state index contributed by atoms with van der Waals surface area (Å²) >= 11 is 0. The van der Waals surface area contributed by atoms with E-state index < -0.39 is 253 Å². The van der Waals surface area contributed by atoms with Gasteiger partial charge in [0.1, 0.15) is 159 Å². The summed E-state index contributed by atoms with van der Waals surface area (Å²) in [5.74, 6) is 0. The molecule has 21 heterocycles. The largest absolute Gasteiger partial charge is 0.394 e. The van der Waals surface area contributed by atoms with Crippen LogP contribution in [0.3, 0.4) is 0 Å². The van der Waals surface area contributed by atoms with Crippen LogP contribution in [0.4, 0.5) is 0 Å². The molecule has 0 aromatic carbocycles. The lowest BCUT2D eigenvalue weighted by Crippen LogP contribution is -2.68. The van der Waals surface area contributed by atoms with Gasteiger partial charge in [-0.1, -0.05) is 27.7 Å². The molecule has 0 aliphatic carbocycles. The van der Waals surface area contributed by atoms with Crippen LogP contribution >= 0.6 is 0 Å². The zero-order valence-corrected chi connectivity index (χ0v) is 44.6. The van der Waals surface area contributed by atoms with Crippen molar-refractivity contribution in [2.75, 3.05) is 33.0 Å². The second kappa shape index (κ2) is 27.4. The molecule has 0 saturated carbocycles. The second-order valence-electron chi connectivity index (χ2n) is 22.8. The topological polar surface area (TPSA) is 514 Å². The third kappa shape index (κ3) is 13.6. The van der Waals surface area contributed by atoms with Gasteiger partial charge < -0.3 is 163 Å². The summed E-state index contributed by atoms with van der Waals surface area (Å²) in [4.78, 5) is 0. The Morgan fingerprint density at radius 3 is 0.605 bits per heavy atom. The number of rotatable bonds is 8. The van der Waals surface area contributed by atoms with Gasteiger partial charge in [-0.3, -0.25) is 0 Å². The van der Waals surface area contributed by atoms with Gasteiger partial charge in [0.15, 0.2) is 44.0 Å². The maximum atomic E-state index is 11.8. The van der Waals surface area contributed by atoms with E-state index in [1.54, 1.807) is 6.92 Å². The molecule has 0 amide bonds. The molecular formula is C48H82O33. The summed E-state index contributed by atoms with van der Waals surface area (Å²) in [5, 5.41) is 213. The van der Waals surface area contributed by atoms with Crippen molar-refractivity contribution in [2.45, 2.75) is 262 Å². The fourth-order valence-corrected chi connectivity index (χ4v) is 11.3. The molecule has 21 fully saturated rings. The molecule has 35 atom stereocenters. The van der Waals surface area contributed by atoms with Gasteiger partial charge in [-0.15, -0.1) is 0 Å². The second-order valence-corrected chi connectivity index (χ2v) is 22.8. The first-order chi connectivity index (χ1) is 38.3. The lowest BCUT2D eigenvalue weighted by atomic mass is 9.86. The van der Waals surface area contributed by atoms with Gasteiger partial charge >= 0.3 is 0 Å². The lowest BCUT2D eigenvalue weighted by Gasteiger charge is -2.50. The van der Waals surface area contributed by atoms with E-state index in [4.69, 9.17) is 66.3 Å². The standard InChI is InChI=1S/C48H82O33/c1-5-13-34-20(54)27(61)41(68-13)77-36-15(8-49)71-44(30(64)23(36)57)79-38-17(10-51)73-46(32(66)25(38)59)81-40-19(12-53)74-47(33(67)26(40)60)80-39-18(11-52)72-45(31(65)24(39)58)78-37-16(9-50)70-43(29(63)22(37)56)76-35-14(6-7-48(2,3)4)69-42(75-34)28(62)21(35)55/h13-47,49-67H,5-12H2,1-4H3. The van der Waals surface area contributed by atoms with E-state index in [0.29, 0.717) is 6.42 Å². The highest BCUT2D eigenvalue weighted by atomic mass is 16.8. The Labute approximate surface area is 463 Å². The van der Waals surface area contributed by atoms with Crippen molar-refractivity contribution in [1.82, 2.24) is 0 Å². The molecule has 19 N–H and O–H groups in total. The van der Waals surface area contributed by atoms with Gasteiger partial charge in [0.05, 0.1) is 45.2 Å². The van der Waals surface area contributed by atoms with Crippen LogP contribution in [-0.2, 0) is 66.3 Å². The van der Waals surface area contributed by atoms with E-state index in [1.165, 1.54) is 0 Å². The van der Waals surface area contributed by atoms with Crippen LogP contribution in [0.15, 0.2) is 0 Å². The number of ether oxygens (including phenoxy) is 14. The Kier molecular flexibility index (Phi) is 22.2. The van der Waals surface area contributed by atoms with Crippen LogP contribution in [0.5, 0.6) is 0 Å². The molecule has 35 unspecified atom stereocenters. The maximum absolute atomic E-state index is 11.8. The Morgan fingerprint density at radius 2 is 0.420 bits per heavy atom. The molecule has 81 heavy (non-hydrogen) atoms. The molecular weight excluding hydrogens is 1100 g/mol. The lowest BCUT2D eigenvalue weighted by molar-refractivity contribution is -0.396. The summed E-state index contributed by atoms with van der Waals surface area (Å²) in [5.41, 5.74) is -0.392. The summed E-state index contributed by atoms with van der Waals surface area (Å²) in [6.45, 7) is 2.24. The molecule has 21 rings (SSSR count). The van der Waals surface area contributed by atoms with E-state index in [2.05, 4.69) is 0 Å². The van der Waals surface area contributed by atoms with Crippen molar-refractivity contribution in [3.63, 3.8) is 0 Å². The highest BCUT2D eigenvalue weighted by molar-refractivity contribution is 5.02. The predicted molar refractivity (Wildman–Crippen MR) is 253 cm³/mol. The zero-order valence-electron chi connectivity index (χ0n) is 44.6. The third-order valence-corrected chi connectivity index (χ3v) is 16.0. The minimum absolute atomic E-state index is 0.00110. The Morgan fingerprint density at radius 1 is 0.247 bits per heavy atom. The van der Waals surface area contributed by atoms with Crippen molar-refractivity contribution in [2.24, 2.45) is 5.41 Å². The van der Waals surface area contributed by atoms with Crippen LogP contribution in [-0.4, -0.2) is 345 Å². The van der Waals surface area contributed by atoms with Crippen LogP contribution in [0.2, 0.25) is 0 Å². The monoisotopic (exact) mass is 1190 g/mol. The summed E-state index contributed by atoms with van der Waals surface area (Å²) < 4.78 is 82.1. The first-order valence-electron chi connectivity index (χ1n) is 27.0. The van der Waals surface area contributed by atoms with Crippen molar-refractivity contribution >= 4 is 0 Å². The van der Waals surface area contributed by atoms with E-state index >= 15 is 0 Å². The number of aliphatic hydroxyl groups excluding tert-OH is 19. The fourth-order valence-electron chi connectivity index (χ4n) is 11.3. The van der Waals surface area contributed by atoms with Crippen molar-refractivity contribution in [1.29, 1.82) is 0 Å². The quantitative estimate of drug-likeness (QED) is 0.107. The van der Waals surface area contributed by atoms with Crippen LogP contribution in [0, 0.1) is 5.41 Å². The summed E-state index contributed by atoms with van der Waals surface area (Å²) in [6.07, 6.45) is -65.8.